The Morgan fingerprint density at radius 1 is 1.05 bits per heavy atom. The molecule has 0 radical (unpaired) electrons. The summed E-state index contributed by atoms with van der Waals surface area (Å²) in [6.45, 7) is 11.0. The zero-order valence-electron chi connectivity index (χ0n) is 22.9. The summed E-state index contributed by atoms with van der Waals surface area (Å²) in [5.41, 5.74) is 11.1. The molecule has 0 spiro atoms. The van der Waals surface area contributed by atoms with Crippen LogP contribution in [0.5, 0.6) is 0 Å². The number of hydrogen-bond acceptors (Lipinski definition) is 2. The smallest absolute Gasteiger partial charge is 0.123 e. The highest BCUT2D eigenvalue weighted by molar-refractivity contribution is 5.67. The summed E-state index contributed by atoms with van der Waals surface area (Å²) in [7, 11) is 0. The predicted molar refractivity (Wildman–Crippen MR) is 161 cm³/mol. The Morgan fingerprint density at radius 3 is 2.65 bits per heavy atom. The number of aliphatic hydroxyl groups excluding tert-OH is 1. The molecule has 2 aliphatic rings. The molecule has 1 N–H and O–H groups in total. The van der Waals surface area contributed by atoms with Crippen molar-refractivity contribution in [1.82, 2.24) is 0 Å². The van der Waals surface area contributed by atoms with E-state index in [0.29, 0.717) is 5.76 Å². The molecule has 2 nitrogen and oxygen atoms in total. The molecule has 0 amide bonds. The van der Waals surface area contributed by atoms with Crippen LogP contribution in [0.2, 0.25) is 0 Å². The molecule has 0 aromatic heterocycles. The third-order valence-corrected chi connectivity index (χ3v) is 7.15. The minimum Gasteiger partial charge on any atom is -0.507 e. The summed E-state index contributed by atoms with van der Waals surface area (Å²) in [5.74, 6) is 0.298. The first-order chi connectivity index (χ1) is 17.9. The number of aryl methyl sites for hydroxylation is 3. The van der Waals surface area contributed by atoms with Gasteiger partial charge >= 0.3 is 0 Å². The van der Waals surface area contributed by atoms with E-state index in [9.17, 15) is 5.11 Å². The Labute approximate surface area is 223 Å². The second-order valence-electron chi connectivity index (χ2n) is 10.3. The number of fused-ring (bicyclic) bond motifs is 1. The molecule has 0 bridgehead atoms. The van der Waals surface area contributed by atoms with Crippen molar-refractivity contribution in [2.75, 3.05) is 18.0 Å². The first kappa shape index (κ1) is 26.5. The van der Waals surface area contributed by atoms with Gasteiger partial charge in [-0.3, -0.25) is 0 Å². The van der Waals surface area contributed by atoms with E-state index in [2.05, 4.69) is 87.3 Å². The monoisotopic (exact) mass is 491 g/mol. The molecule has 2 aromatic rings. The summed E-state index contributed by atoms with van der Waals surface area (Å²) in [6.07, 6.45) is 22.5. The van der Waals surface area contributed by atoms with E-state index in [0.717, 1.165) is 30.5 Å². The molecule has 0 saturated carbocycles. The number of benzene rings is 2. The molecular formula is C35H41NO. The maximum atomic E-state index is 10.9. The third-order valence-electron chi connectivity index (χ3n) is 7.15. The Bertz CT molecular complexity index is 1280. The van der Waals surface area contributed by atoms with E-state index < -0.39 is 0 Å². The summed E-state index contributed by atoms with van der Waals surface area (Å²) >= 11 is 0. The quantitative estimate of drug-likeness (QED) is 0.294. The number of aliphatic hydroxyl groups is 1. The van der Waals surface area contributed by atoms with E-state index in [1.165, 1.54) is 64.9 Å². The van der Waals surface area contributed by atoms with E-state index in [4.69, 9.17) is 0 Å². The lowest BCUT2D eigenvalue weighted by Gasteiger charge is -2.33. The topological polar surface area (TPSA) is 23.5 Å². The maximum Gasteiger partial charge on any atom is 0.123 e. The third kappa shape index (κ3) is 7.04. The van der Waals surface area contributed by atoms with Crippen LogP contribution < -0.4 is 4.90 Å². The average molecular weight is 492 g/mol. The molecule has 1 aliphatic carbocycles. The second-order valence-corrected chi connectivity index (χ2v) is 10.3. The molecule has 2 heteroatoms. The summed E-state index contributed by atoms with van der Waals surface area (Å²) < 4.78 is 0. The van der Waals surface area contributed by atoms with Gasteiger partial charge in [0.1, 0.15) is 5.76 Å². The summed E-state index contributed by atoms with van der Waals surface area (Å²) in [4.78, 5) is 2.56. The van der Waals surface area contributed by atoms with Gasteiger partial charge in [0, 0.05) is 24.3 Å². The minimum absolute atomic E-state index is 0.298. The zero-order chi connectivity index (χ0) is 26.2. The fourth-order valence-electron chi connectivity index (χ4n) is 5.27. The van der Waals surface area contributed by atoms with Crippen molar-refractivity contribution in [3.05, 3.63) is 123 Å². The van der Waals surface area contributed by atoms with Crippen molar-refractivity contribution in [1.29, 1.82) is 0 Å². The molecule has 4 rings (SSSR count). The van der Waals surface area contributed by atoms with Gasteiger partial charge in [-0.05, 0) is 98.9 Å². The molecule has 192 valence electrons. The highest BCUT2D eigenvalue weighted by Crippen LogP contribution is 2.32. The van der Waals surface area contributed by atoms with Gasteiger partial charge in [0.2, 0.25) is 0 Å². The lowest BCUT2D eigenvalue weighted by molar-refractivity contribution is 0.511. The second kappa shape index (κ2) is 12.6. The Balaban J connectivity index is 1.57. The normalized spacial score (nSPS) is 16.5. The average Bonchev–Trinajstić information content (AvgIpc) is 3.10. The highest BCUT2D eigenvalue weighted by Gasteiger charge is 2.18. The number of rotatable bonds is 8. The van der Waals surface area contributed by atoms with Crippen LogP contribution in [0.25, 0.3) is 11.8 Å². The van der Waals surface area contributed by atoms with Crippen LogP contribution >= 0.6 is 0 Å². The van der Waals surface area contributed by atoms with Crippen LogP contribution in [-0.4, -0.2) is 18.2 Å². The van der Waals surface area contributed by atoms with Gasteiger partial charge in [-0.2, -0.15) is 0 Å². The van der Waals surface area contributed by atoms with Gasteiger partial charge < -0.3 is 10.0 Å². The van der Waals surface area contributed by atoms with Crippen molar-refractivity contribution < 1.29 is 5.11 Å². The van der Waals surface area contributed by atoms with Gasteiger partial charge in [-0.25, -0.2) is 0 Å². The first-order valence-electron chi connectivity index (χ1n) is 13.7. The standard InChI is InChI=1S/C35H41NO/c1-5-21-36-22-9-14-33-24-29(23-28(4)35(33)36)11-6-7-12-32(30-13-8-10-26(2)15-18-30)25-34(37)31-19-16-27(3)17-20-31/h6,8,10-12,15-20,23-25,37H,5,7,9,13-14,21-22H2,1-4H3/b11-6+,32-12+,34-25-. The summed E-state index contributed by atoms with van der Waals surface area (Å²) in [6, 6.07) is 12.7. The molecule has 2 aromatic carbocycles. The fourth-order valence-corrected chi connectivity index (χ4v) is 5.27. The minimum atomic E-state index is 0.298. The SMILES string of the molecule is CCCN1CCCc2cc(/C=C/C/C=C(\C=C(/O)c3ccc(C)cc3)C3=CC=C(C)C=CC3)cc(C)c21. The molecule has 1 aliphatic heterocycles. The van der Waals surface area contributed by atoms with Gasteiger partial charge in [0.15, 0.2) is 0 Å². The van der Waals surface area contributed by atoms with Crippen molar-refractivity contribution in [2.45, 2.75) is 59.8 Å². The Morgan fingerprint density at radius 2 is 1.86 bits per heavy atom. The van der Waals surface area contributed by atoms with E-state index in [-0.39, 0.29) is 0 Å². The van der Waals surface area contributed by atoms with Crippen LogP contribution in [-0.2, 0) is 6.42 Å². The molecule has 0 unspecified atom stereocenters. The number of nitrogens with zero attached hydrogens (tertiary/aromatic N) is 1. The van der Waals surface area contributed by atoms with Crippen molar-refractivity contribution in [2.24, 2.45) is 0 Å². The van der Waals surface area contributed by atoms with E-state index >= 15 is 0 Å². The predicted octanol–water partition coefficient (Wildman–Crippen LogP) is 9.23. The van der Waals surface area contributed by atoms with Gasteiger partial charge in [0.25, 0.3) is 0 Å². The molecule has 37 heavy (non-hydrogen) atoms. The molecular weight excluding hydrogens is 450 g/mol. The summed E-state index contributed by atoms with van der Waals surface area (Å²) in [5, 5.41) is 10.9. The first-order valence-corrected chi connectivity index (χ1v) is 13.7. The zero-order valence-corrected chi connectivity index (χ0v) is 22.9. The van der Waals surface area contributed by atoms with E-state index in [1.807, 2.05) is 30.3 Å². The number of anilines is 1. The Hall–Kier alpha value is -3.52. The van der Waals surface area contributed by atoms with Gasteiger partial charge in [-0.1, -0.05) is 84.9 Å². The Kier molecular flexibility index (Phi) is 9.06. The van der Waals surface area contributed by atoms with Crippen LogP contribution in [0.1, 0.15) is 67.3 Å². The molecule has 0 atom stereocenters. The largest absolute Gasteiger partial charge is 0.507 e. The van der Waals surface area contributed by atoms with Gasteiger partial charge in [-0.15, -0.1) is 0 Å². The maximum absolute atomic E-state index is 10.9. The fraction of sp³-hybridized carbons (Fsp3) is 0.314. The van der Waals surface area contributed by atoms with Crippen LogP contribution in [0.15, 0.2) is 95.6 Å². The van der Waals surface area contributed by atoms with Crippen LogP contribution in [0, 0.1) is 13.8 Å². The van der Waals surface area contributed by atoms with Crippen molar-refractivity contribution >= 4 is 17.5 Å². The molecule has 1 heterocycles. The van der Waals surface area contributed by atoms with Crippen molar-refractivity contribution in [3.8, 4) is 0 Å². The number of hydrogen-bond donors (Lipinski definition) is 1. The molecule has 0 fully saturated rings. The van der Waals surface area contributed by atoms with Crippen LogP contribution in [0.3, 0.4) is 0 Å². The lowest BCUT2D eigenvalue weighted by atomic mass is 9.95. The number of allylic oxidation sites excluding steroid dienone is 10. The van der Waals surface area contributed by atoms with Gasteiger partial charge in [0.05, 0.1) is 0 Å². The van der Waals surface area contributed by atoms with Crippen LogP contribution in [0.4, 0.5) is 5.69 Å². The highest BCUT2D eigenvalue weighted by atomic mass is 16.3. The van der Waals surface area contributed by atoms with E-state index in [1.54, 1.807) is 0 Å². The van der Waals surface area contributed by atoms with Crippen molar-refractivity contribution in [3.63, 3.8) is 0 Å². The molecule has 0 saturated heterocycles. The lowest BCUT2D eigenvalue weighted by Crippen LogP contribution is -2.30.